The SMILES string of the molecule is CSc1cc(Cl)sc1C(C)=O. The Hall–Kier alpha value is 0.01000. The Morgan fingerprint density at radius 1 is 1.73 bits per heavy atom. The third kappa shape index (κ3) is 1.98. The van der Waals surface area contributed by atoms with Crippen LogP contribution in [0, 0.1) is 0 Å². The van der Waals surface area contributed by atoms with Crippen molar-refractivity contribution in [1.82, 2.24) is 0 Å². The zero-order valence-electron chi connectivity index (χ0n) is 6.18. The summed E-state index contributed by atoms with van der Waals surface area (Å²) in [6.07, 6.45) is 1.94. The maximum atomic E-state index is 11.0. The molecule has 1 rings (SSSR count). The minimum absolute atomic E-state index is 0.0891. The van der Waals surface area contributed by atoms with Gasteiger partial charge in [-0.15, -0.1) is 23.1 Å². The summed E-state index contributed by atoms with van der Waals surface area (Å²) in [7, 11) is 0. The average molecular weight is 207 g/mol. The molecule has 1 nitrogen and oxygen atoms in total. The van der Waals surface area contributed by atoms with Gasteiger partial charge in [0.15, 0.2) is 5.78 Å². The van der Waals surface area contributed by atoms with E-state index in [4.69, 9.17) is 11.6 Å². The highest BCUT2D eigenvalue weighted by Crippen LogP contribution is 2.32. The van der Waals surface area contributed by atoms with Crippen LogP contribution in [-0.4, -0.2) is 12.0 Å². The summed E-state index contributed by atoms with van der Waals surface area (Å²) < 4.78 is 0.680. The van der Waals surface area contributed by atoms with Crippen molar-refractivity contribution in [3.05, 3.63) is 15.3 Å². The van der Waals surface area contributed by atoms with Crippen LogP contribution in [0.4, 0.5) is 0 Å². The molecule has 0 amide bonds. The van der Waals surface area contributed by atoms with Crippen molar-refractivity contribution < 1.29 is 4.79 Å². The molecule has 0 fully saturated rings. The van der Waals surface area contributed by atoms with E-state index in [-0.39, 0.29) is 5.78 Å². The van der Waals surface area contributed by atoms with E-state index >= 15 is 0 Å². The number of hydrogen-bond acceptors (Lipinski definition) is 3. The first-order valence-electron chi connectivity index (χ1n) is 2.99. The van der Waals surface area contributed by atoms with Crippen LogP contribution in [0.2, 0.25) is 4.34 Å². The molecule has 0 aliphatic rings. The van der Waals surface area contributed by atoms with Crippen LogP contribution in [0.3, 0.4) is 0 Å². The molecule has 0 atom stereocenters. The summed E-state index contributed by atoms with van der Waals surface area (Å²) in [6, 6.07) is 1.83. The molecule has 11 heavy (non-hydrogen) atoms. The van der Waals surface area contributed by atoms with Crippen molar-refractivity contribution in [3.63, 3.8) is 0 Å². The summed E-state index contributed by atoms with van der Waals surface area (Å²) in [5.74, 6) is 0.0891. The van der Waals surface area contributed by atoms with Gasteiger partial charge in [-0.3, -0.25) is 4.79 Å². The second-order valence-corrected chi connectivity index (χ2v) is 4.54. The molecule has 0 unspecified atom stereocenters. The van der Waals surface area contributed by atoms with E-state index < -0.39 is 0 Å². The first kappa shape index (κ1) is 9.10. The van der Waals surface area contributed by atoms with E-state index in [1.165, 1.54) is 11.3 Å². The molecule has 0 radical (unpaired) electrons. The highest BCUT2D eigenvalue weighted by atomic mass is 35.5. The first-order chi connectivity index (χ1) is 5.15. The van der Waals surface area contributed by atoms with Gasteiger partial charge in [0.2, 0.25) is 0 Å². The topological polar surface area (TPSA) is 17.1 Å². The fourth-order valence-corrected chi connectivity index (χ4v) is 2.84. The Balaban J connectivity index is 3.12. The number of rotatable bonds is 2. The molecule has 0 aliphatic heterocycles. The first-order valence-corrected chi connectivity index (χ1v) is 5.41. The van der Waals surface area contributed by atoms with Crippen molar-refractivity contribution in [1.29, 1.82) is 0 Å². The van der Waals surface area contributed by atoms with Crippen LogP contribution in [0.5, 0.6) is 0 Å². The lowest BCUT2D eigenvalue weighted by Gasteiger charge is -1.91. The molecule has 0 bridgehead atoms. The maximum absolute atomic E-state index is 11.0. The normalized spacial score (nSPS) is 10.1. The molecule has 0 N–H and O–H groups in total. The Labute approximate surface area is 78.8 Å². The Kier molecular flexibility index (Phi) is 2.98. The van der Waals surface area contributed by atoms with E-state index in [0.717, 1.165) is 9.77 Å². The number of halogens is 1. The number of carbonyl (C=O) groups excluding carboxylic acids is 1. The number of carbonyl (C=O) groups is 1. The summed E-state index contributed by atoms with van der Waals surface area (Å²) in [6.45, 7) is 1.56. The van der Waals surface area contributed by atoms with Crippen molar-refractivity contribution >= 4 is 40.5 Å². The zero-order valence-corrected chi connectivity index (χ0v) is 8.57. The van der Waals surface area contributed by atoms with E-state index in [0.29, 0.717) is 4.34 Å². The van der Waals surface area contributed by atoms with Gasteiger partial charge in [-0.1, -0.05) is 11.6 Å². The second kappa shape index (κ2) is 3.61. The molecule has 0 spiro atoms. The third-order valence-corrected chi connectivity index (χ3v) is 3.46. The minimum atomic E-state index is 0.0891. The molecule has 4 heteroatoms. The molecular weight excluding hydrogens is 200 g/mol. The number of Topliss-reactive ketones (excluding diaryl/α,β-unsaturated/α-hetero) is 1. The lowest BCUT2D eigenvalue weighted by atomic mass is 10.3. The largest absolute Gasteiger partial charge is 0.294 e. The van der Waals surface area contributed by atoms with Gasteiger partial charge in [0, 0.05) is 4.90 Å². The van der Waals surface area contributed by atoms with Gasteiger partial charge < -0.3 is 0 Å². The molecule has 0 saturated heterocycles. The highest BCUT2D eigenvalue weighted by molar-refractivity contribution is 7.98. The summed E-state index contributed by atoms with van der Waals surface area (Å²) >= 11 is 8.63. The highest BCUT2D eigenvalue weighted by Gasteiger charge is 2.10. The van der Waals surface area contributed by atoms with Crippen molar-refractivity contribution in [2.45, 2.75) is 11.8 Å². The third-order valence-electron chi connectivity index (χ3n) is 1.21. The van der Waals surface area contributed by atoms with Crippen LogP contribution in [0.15, 0.2) is 11.0 Å². The van der Waals surface area contributed by atoms with E-state index in [9.17, 15) is 4.79 Å². The minimum Gasteiger partial charge on any atom is -0.294 e. The van der Waals surface area contributed by atoms with Crippen LogP contribution in [-0.2, 0) is 0 Å². The predicted molar refractivity (Wildman–Crippen MR) is 51.1 cm³/mol. The van der Waals surface area contributed by atoms with Gasteiger partial charge in [0.1, 0.15) is 0 Å². The van der Waals surface area contributed by atoms with Crippen molar-refractivity contribution in [2.75, 3.05) is 6.26 Å². The molecule has 1 aromatic heterocycles. The second-order valence-electron chi connectivity index (χ2n) is 2.00. The Morgan fingerprint density at radius 2 is 2.36 bits per heavy atom. The molecule has 1 heterocycles. The van der Waals surface area contributed by atoms with Crippen LogP contribution >= 0.6 is 34.7 Å². The predicted octanol–water partition coefficient (Wildman–Crippen LogP) is 3.33. The van der Waals surface area contributed by atoms with Gasteiger partial charge in [0.05, 0.1) is 9.21 Å². The lowest BCUT2D eigenvalue weighted by molar-refractivity contribution is 0.101. The van der Waals surface area contributed by atoms with Gasteiger partial charge in [-0.2, -0.15) is 0 Å². The molecule has 0 aliphatic carbocycles. The maximum Gasteiger partial charge on any atom is 0.170 e. The standard InChI is InChI=1S/C7H7ClOS2/c1-4(9)7-5(10-2)3-6(8)11-7/h3H,1-2H3. The summed E-state index contributed by atoms with van der Waals surface area (Å²) in [4.78, 5) is 12.7. The smallest absolute Gasteiger partial charge is 0.170 e. The Morgan fingerprint density at radius 3 is 2.73 bits per heavy atom. The number of ketones is 1. The summed E-state index contributed by atoms with van der Waals surface area (Å²) in [5, 5.41) is 0. The summed E-state index contributed by atoms with van der Waals surface area (Å²) in [5.41, 5.74) is 0. The molecular formula is C7H7ClOS2. The van der Waals surface area contributed by atoms with E-state index in [1.807, 2.05) is 12.3 Å². The monoisotopic (exact) mass is 206 g/mol. The van der Waals surface area contributed by atoms with E-state index in [1.54, 1.807) is 18.7 Å². The van der Waals surface area contributed by atoms with Crippen molar-refractivity contribution in [3.8, 4) is 0 Å². The molecule has 1 aromatic rings. The fourth-order valence-electron chi connectivity index (χ4n) is 0.743. The number of thioether (sulfide) groups is 1. The van der Waals surface area contributed by atoms with Gasteiger partial charge in [-0.05, 0) is 19.2 Å². The Bertz CT molecular complexity index is 280. The van der Waals surface area contributed by atoms with Crippen LogP contribution in [0.1, 0.15) is 16.6 Å². The quantitative estimate of drug-likeness (QED) is 0.546. The molecule has 0 saturated carbocycles. The average Bonchev–Trinajstić information content (AvgIpc) is 2.30. The van der Waals surface area contributed by atoms with Crippen LogP contribution < -0.4 is 0 Å². The fraction of sp³-hybridized carbons (Fsp3) is 0.286. The van der Waals surface area contributed by atoms with E-state index in [2.05, 4.69) is 0 Å². The lowest BCUT2D eigenvalue weighted by Crippen LogP contribution is -1.87. The zero-order chi connectivity index (χ0) is 8.43. The van der Waals surface area contributed by atoms with Crippen LogP contribution in [0.25, 0.3) is 0 Å². The van der Waals surface area contributed by atoms with Crippen molar-refractivity contribution in [2.24, 2.45) is 0 Å². The molecule has 60 valence electrons. The van der Waals surface area contributed by atoms with Gasteiger partial charge in [0.25, 0.3) is 0 Å². The van der Waals surface area contributed by atoms with Gasteiger partial charge >= 0.3 is 0 Å². The number of thiophene rings is 1. The number of hydrogen-bond donors (Lipinski definition) is 0. The van der Waals surface area contributed by atoms with Gasteiger partial charge in [-0.25, -0.2) is 0 Å². The molecule has 0 aromatic carbocycles.